The molecule has 0 aromatic heterocycles. The minimum absolute atomic E-state index is 0.192. The fraction of sp³-hybridized carbons (Fsp3) is 0.717. The van der Waals surface area contributed by atoms with Crippen molar-refractivity contribution in [1.82, 2.24) is 5.32 Å². The zero-order chi connectivity index (χ0) is 50.1. The molecule has 1 saturated heterocycles. The predicted octanol–water partition coefficient (Wildman–Crippen LogP) is 13.6. The first kappa shape index (κ1) is 64.1. The quantitative estimate of drug-likeness (QED) is 0.0261. The Balaban J connectivity index is 2.17. The zero-order valence-electron chi connectivity index (χ0n) is 43.8. The first-order chi connectivity index (χ1) is 33.8. The summed E-state index contributed by atoms with van der Waals surface area (Å²) in [4.78, 5) is 13.0. The SMILES string of the molecule is CC/C=C\C/C=C\C/C=C\C/C=C\C/C=C\C/C=C\CCCCCCCCCCCCCCCCC(=O)NC(COC1OC(CO)C(O)C(O)C1O)C(O)/C=C/CC/C=C/CCCCCCCCC. The van der Waals surface area contributed by atoms with Crippen molar-refractivity contribution in [2.24, 2.45) is 0 Å². The summed E-state index contributed by atoms with van der Waals surface area (Å²) in [5.41, 5.74) is 0. The molecule has 7 unspecified atom stereocenters. The normalized spacial score (nSPS) is 20.2. The molecule has 0 aliphatic carbocycles. The highest BCUT2D eigenvalue weighted by atomic mass is 16.7. The molecule has 0 bridgehead atoms. The number of hydrogen-bond donors (Lipinski definition) is 6. The fourth-order valence-electron chi connectivity index (χ4n) is 8.23. The van der Waals surface area contributed by atoms with E-state index in [4.69, 9.17) is 9.47 Å². The Bertz CT molecular complexity index is 1400. The monoisotopic (exact) mass is 966 g/mol. The number of carbonyl (C=O) groups excluding carboxylic acids is 1. The third-order valence-corrected chi connectivity index (χ3v) is 12.6. The highest BCUT2D eigenvalue weighted by Gasteiger charge is 2.44. The van der Waals surface area contributed by atoms with Gasteiger partial charge in [0, 0.05) is 6.42 Å². The van der Waals surface area contributed by atoms with Gasteiger partial charge in [0.05, 0.1) is 25.4 Å². The first-order valence-electron chi connectivity index (χ1n) is 28.0. The molecule has 7 atom stereocenters. The summed E-state index contributed by atoms with van der Waals surface area (Å²) in [6.07, 6.45) is 63.3. The van der Waals surface area contributed by atoms with Crippen LogP contribution in [-0.4, -0.2) is 87.5 Å². The number of aliphatic hydroxyl groups is 5. The van der Waals surface area contributed by atoms with E-state index in [1.807, 2.05) is 6.08 Å². The Morgan fingerprint density at radius 2 is 0.913 bits per heavy atom. The molecule has 0 saturated carbocycles. The number of aliphatic hydroxyl groups excluding tert-OH is 5. The molecule has 1 rings (SSSR count). The van der Waals surface area contributed by atoms with Crippen molar-refractivity contribution in [3.8, 4) is 0 Å². The largest absolute Gasteiger partial charge is 0.394 e. The second kappa shape index (κ2) is 48.7. The number of nitrogens with one attached hydrogen (secondary N) is 1. The van der Waals surface area contributed by atoms with E-state index in [1.54, 1.807) is 6.08 Å². The summed E-state index contributed by atoms with van der Waals surface area (Å²) in [5.74, 6) is -0.192. The Hall–Kier alpha value is -2.89. The molecular weight excluding hydrogens is 863 g/mol. The standard InChI is InChI=1S/C60H103NO8/c1-3-5-7-9-11-13-15-17-18-19-20-21-22-23-24-25-26-27-28-29-30-31-32-33-34-35-36-38-40-42-44-46-48-50-56(64)61-53(52-68-60-59(67)58(66)57(65)55(51-62)69-60)54(63)49-47-45-43-41-39-37-16-14-12-10-8-6-4-2/h5,7,11,13,17-18,20-21,23-24,26-27,39,41,47,49,53-55,57-60,62-63,65-67H,3-4,6,8-10,12,14-16,19,22,25,28-38,40,42-46,48,50-52H2,1-2H3,(H,61,64)/b7-5-,13-11-,18-17-,21-20-,24-23-,27-26-,41-39+,49-47+. The van der Waals surface area contributed by atoms with Crippen LogP contribution in [0.15, 0.2) is 97.2 Å². The summed E-state index contributed by atoms with van der Waals surface area (Å²) >= 11 is 0. The summed E-state index contributed by atoms with van der Waals surface area (Å²) in [7, 11) is 0. The lowest BCUT2D eigenvalue weighted by Crippen LogP contribution is -2.60. The minimum atomic E-state index is -1.58. The minimum Gasteiger partial charge on any atom is -0.394 e. The Kier molecular flexibility index (Phi) is 45.3. The number of carbonyl (C=O) groups is 1. The molecule has 9 nitrogen and oxygen atoms in total. The van der Waals surface area contributed by atoms with Crippen LogP contribution >= 0.6 is 0 Å². The Morgan fingerprint density at radius 3 is 1.39 bits per heavy atom. The van der Waals surface area contributed by atoms with Gasteiger partial charge in [0.25, 0.3) is 0 Å². The van der Waals surface area contributed by atoms with Crippen LogP contribution in [0.2, 0.25) is 0 Å². The molecule has 1 heterocycles. The van der Waals surface area contributed by atoms with E-state index in [0.29, 0.717) is 6.42 Å². The lowest BCUT2D eigenvalue weighted by Gasteiger charge is -2.40. The molecule has 1 aliphatic rings. The number of allylic oxidation sites excluding steroid dienone is 15. The lowest BCUT2D eigenvalue weighted by atomic mass is 9.99. The van der Waals surface area contributed by atoms with Crippen LogP contribution in [0.5, 0.6) is 0 Å². The molecule has 396 valence electrons. The number of ether oxygens (including phenoxy) is 2. The van der Waals surface area contributed by atoms with Crippen LogP contribution in [0, 0.1) is 0 Å². The zero-order valence-corrected chi connectivity index (χ0v) is 43.8. The van der Waals surface area contributed by atoms with Crippen molar-refractivity contribution in [1.29, 1.82) is 0 Å². The van der Waals surface area contributed by atoms with Gasteiger partial charge in [-0.05, 0) is 83.5 Å². The molecule has 9 heteroatoms. The van der Waals surface area contributed by atoms with E-state index >= 15 is 0 Å². The van der Waals surface area contributed by atoms with Gasteiger partial charge in [-0.2, -0.15) is 0 Å². The molecule has 1 amide bonds. The summed E-state index contributed by atoms with van der Waals surface area (Å²) in [6.45, 7) is 3.63. The predicted molar refractivity (Wildman–Crippen MR) is 290 cm³/mol. The van der Waals surface area contributed by atoms with E-state index < -0.39 is 49.5 Å². The second-order valence-corrected chi connectivity index (χ2v) is 19.0. The van der Waals surface area contributed by atoms with Gasteiger partial charge < -0.3 is 40.3 Å². The number of hydrogen-bond acceptors (Lipinski definition) is 8. The highest BCUT2D eigenvalue weighted by Crippen LogP contribution is 2.23. The molecule has 0 aromatic carbocycles. The highest BCUT2D eigenvalue weighted by molar-refractivity contribution is 5.76. The van der Waals surface area contributed by atoms with Crippen LogP contribution in [-0.2, 0) is 14.3 Å². The molecule has 69 heavy (non-hydrogen) atoms. The van der Waals surface area contributed by atoms with E-state index in [0.717, 1.165) is 77.0 Å². The van der Waals surface area contributed by atoms with Crippen molar-refractivity contribution in [2.45, 2.75) is 262 Å². The number of amides is 1. The second-order valence-electron chi connectivity index (χ2n) is 19.0. The smallest absolute Gasteiger partial charge is 0.220 e. The molecule has 0 aromatic rings. The Morgan fingerprint density at radius 1 is 0.507 bits per heavy atom. The molecule has 1 fully saturated rings. The maximum absolute atomic E-state index is 13.0. The van der Waals surface area contributed by atoms with Gasteiger partial charge in [0.15, 0.2) is 6.29 Å². The van der Waals surface area contributed by atoms with Crippen LogP contribution in [0.25, 0.3) is 0 Å². The third kappa shape index (κ3) is 38.5. The maximum Gasteiger partial charge on any atom is 0.220 e. The van der Waals surface area contributed by atoms with E-state index in [2.05, 4.69) is 104 Å². The van der Waals surface area contributed by atoms with Crippen LogP contribution in [0.1, 0.15) is 219 Å². The average Bonchev–Trinajstić information content (AvgIpc) is 3.35. The third-order valence-electron chi connectivity index (χ3n) is 12.6. The topological polar surface area (TPSA) is 149 Å². The maximum atomic E-state index is 13.0. The van der Waals surface area contributed by atoms with Crippen LogP contribution < -0.4 is 5.32 Å². The van der Waals surface area contributed by atoms with E-state index in [1.165, 1.54) is 122 Å². The molecule has 0 spiro atoms. The van der Waals surface area contributed by atoms with Crippen molar-refractivity contribution in [3.63, 3.8) is 0 Å². The van der Waals surface area contributed by atoms with Gasteiger partial charge in [-0.15, -0.1) is 0 Å². The van der Waals surface area contributed by atoms with Gasteiger partial charge in [-0.25, -0.2) is 0 Å². The van der Waals surface area contributed by atoms with Crippen LogP contribution in [0.4, 0.5) is 0 Å². The van der Waals surface area contributed by atoms with Crippen molar-refractivity contribution >= 4 is 5.91 Å². The summed E-state index contributed by atoms with van der Waals surface area (Å²) in [6, 6.07) is -0.826. The van der Waals surface area contributed by atoms with E-state index in [-0.39, 0.29) is 12.5 Å². The number of rotatable bonds is 46. The molecule has 0 radical (unpaired) electrons. The van der Waals surface area contributed by atoms with Gasteiger partial charge >= 0.3 is 0 Å². The van der Waals surface area contributed by atoms with E-state index in [9.17, 15) is 30.3 Å². The molecule has 1 aliphatic heterocycles. The van der Waals surface area contributed by atoms with Crippen molar-refractivity contribution in [3.05, 3.63) is 97.2 Å². The van der Waals surface area contributed by atoms with Gasteiger partial charge in [-0.3, -0.25) is 4.79 Å². The number of unbranched alkanes of at least 4 members (excludes halogenated alkanes) is 22. The van der Waals surface area contributed by atoms with Crippen molar-refractivity contribution in [2.75, 3.05) is 13.2 Å². The summed E-state index contributed by atoms with van der Waals surface area (Å²) < 4.78 is 11.2. The molecule has 6 N–H and O–H groups in total. The van der Waals surface area contributed by atoms with Gasteiger partial charge in [0.2, 0.25) is 5.91 Å². The van der Waals surface area contributed by atoms with Crippen LogP contribution in [0.3, 0.4) is 0 Å². The van der Waals surface area contributed by atoms with Gasteiger partial charge in [0.1, 0.15) is 24.4 Å². The molecular formula is C60H103NO8. The fourth-order valence-corrected chi connectivity index (χ4v) is 8.23. The summed E-state index contributed by atoms with van der Waals surface area (Å²) in [5, 5.41) is 54.3. The average molecular weight is 966 g/mol. The first-order valence-corrected chi connectivity index (χ1v) is 28.0. The van der Waals surface area contributed by atoms with Crippen molar-refractivity contribution < 1.29 is 39.8 Å². The lowest BCUT2D eigenvalue weighted by molar-refractivity contribution is -0.302. The Labute approximate surface area is 422 Å². The van der Waals surface area contributed by atoms with Gasteiger partial charge in [-0.1, -0.05) is 227 Å².